The molecule has 0 saturated carbocycles. The van der Waals surface area contributed by atoms with Gasteiger partial charge in [-0.25, -0.2) is 4.79 Å². The quantitative estimate of drug-likeness (QED) is 0.568. The molecule has 0 bridgehead atoms. The Bertz CT molecular complexity index is 505. The van der Waals surface area contributed by atoms with Crippen molar-refractivity contribution in [3.05, 3.63) is 18.2 Å². The highest BCUT2D eigenvalue weighted by Crippen LogP contribution is 2.28. The Morgan fingerprint density at radius 2 is 1.95 bits per heavy atom. The summed E-state index contributed by atoms with van der Waals surface area (Å²) in [6.07, 6.45) is 0.798. The number of ether oxygens (including phenoxy) is 3. The van der Waals surface area contributed by atoms with E-state index in [0.717, 1.165) is 0 Å². The monoisotopic (exact) mass is 310 g/mol. The Morgan fingerprint density at radius 1 is 1.18 bits per heavy atom. The number of nitrogens with one attached hydrogen (secondary N) is 2. The summed E-state index contributed by atoms with van der Waals surface area (Å²) < 4.78 is 15.1. The smallest absolute Gasteiger partial charge is 0.319 e. The molecule has 0 aliphatic rings. The predicted molar refractivity (Wildman–Crippen MR) is 82.4 cm³/mol. The minimum Gasteiger partial charge on any atom is -0.497 e. The zero-order valence-electron chi connectivity index (χ0n) is 13.1. The average molecular weight is 310 g/mol. The molecule has 0 aliphatic carbocycles. The predicted octanol–water partition coefficient (Wildman–Crippen LogP) is 2.17. The van der Waals surface area contributed by atoms with Crippen LogP contribution in [0.1, 0.15) is 19.8 Å². The maximum Gasteiger partial charge on any atom is 0.319 e. The van der Waals surface area contributed by atoms with Gasteiger partial charge in [0.25, 0.3) is 0 Å². The summed E-state index contributed by atoms with van der Waals surface area (Å²) in [7, 11) is 3.06. The van der Waals surface area contributed by atoms with Crippen LogP contribution in [0.3, 0.4) is 0 Å². The minimum atomic E-state index is -0.368. The molecule has 7 heteroatoms. The topological polar surface area (TPSA) is 85.9 Å². The van der Waals surface area contributed by atoms with Crippen LogP contribution in [0.4, 0.5) is 10.5 Å². The SMILES string of the molecule is CCOC(=O)CCCNC(=O)Nc1ccc(OC)cc1OC. The van der Waals surface area contributed by atoms with E-state index in [4.69, 9.17) is 14.2 Å². The van der Waals surface area contributed by atoms with Crippen molar-refractivity contribution in [2.24, 2.45) is 0 Å². The van der Waals surface area contributed by atoms with Crippen LogP contribution in [0.5, 0.6) is 11.5 Å². The van der Waals surface area contributed by atoms with Gasteiger partial charge >= 0.3 is 12.0 Å². The van der Waals surface area contributed by atoms with Crippen molar-refractivity contribution in [2.45, 2.75) is 19.8 Å². The molecule has 1 aromatic carbocycles. The van der Waals surface area contributed by atoms with Gasteiger partial charge in [-0.3, -0.25) is 4.79 Å². The van der Waals surface area contributed by atoms with Crippen molar-refractivity contribution in [3.8, 4) is 11.5 Å². The number of anilines is 1. The molecule has 122 valence electrons. The summed E-state index contributed by atoms with van der Waals surface area (Å²) in [5, 5.41) is 5.34. The van der Waals surface area contributed by atoms with Crippen LogP contribution >= 0.6 is 0 Å². The van der Waals surface area contributed by atoms with Gasteiger partial charge in [-0.15, -0.1) is 0 Å². The van der Waals surface area contributed by atoms with Crippen molar-refractivity contribution in [3.63, 3.8) is 0 Å². The van der Waals surface area contributed by atoms with Crippen molar-refractivity contribution < 1.29 is 23.8 Å². The van der Waals surface area contributed by atoms with E-state index >= 15 is 0 Å². The van der Waals surface area contributed by atoms with E-state index in [0.29, 0.717) is 36.8 Å². The maximum absolute atomic E-state index is 11.8. The minimum absolute atomic E-state index is 0.262. The summed E-state index contributed by atoms with van der Waals surface area (Å²) in [5.74, 6) is 0.875. The third-order valence-electron chi connectivity index (χ3n) is 2.81. The van der Waals surface area contributed by atoms with E-state index in [1.807, 2.05) is 0 Å². The highest BCUT2D eigenvalue weighted by atomic mass is 16.5. The molecular weight excluding hydrogens is 288 g/mol. The number of hydrogen-bond donors (Lipinski definition) is 2. The molecule has 0 aliphatic heterocycles. The summed E-state index contributed by atoms with van der Waals surface area (Å²) >= 11 is 0. The molecule has 0 heterocycles. The van der Waals surface area contributed by atoms with Crippen LogP contribution in [0.15, 0.2) is 18.2 Å². The van der Waals surface area contributed by atoms with Gasteiger partial charge in [0, 0.05) is 19.0 Å². The molecule has 7 nitrogen and oxygen atoms in total. The number of benzene rings is 1. The second-order valence-corrected chi connectivity index (χ2v) is 4.36. The van der Waals surface area contributed by atoms with Crippen LogP contribution in [-0.2, 0) is 9.53 Å². The van der Waals surface area contributed by atoms with Crippen molar-refractivity contribution in [1.29, 1.82) is 0 Å². The lowest BCUT2D eigenvalue weighted by Gasteiger charge is -2.12. The highest BCUT2D eigenvalue weighted by Gasteiger charge is 2.09. The Kier molecular flexibility index (Phi) is 7.60. The fourth-order valence-electron chi connectivity index (χ4n) is 1.74. The molecule has 1 rings (SSSR count). The number of esters is 1. The third-order valence-corrected chi connectivity index (χ3v) is 2.81. The number of amides is 2. The standard InChI is InChI=1S/C15H22N2O5/c1-4-22-14(18)6-5-9-16-15(19)17-12-8-7-11(20-2)10-13(12)21-3/h7-8,10H,4-6,9H2,1-3H3,(H2,16,17,19). The Labute approximate surface area is 129 Å². The molecule has 0 fully saturated rings. The number of hydrogen-bond acceptors (Lipinski definition) is 5. The molecule has 0 spiro atoms. The fraction of sp³-hybridized carbons (Fsp3) is 0.467. The van der Waals surface area contributed by atoms with Crippen LogP contribution in [-0.4, -0.2) is 39.4 Å². The van der Waals surface area contributed by atoms with Crippen LogP contribution in [0.25, 0.3) is 0 Å². The number of urea groups is 1. The Morgan fingerprint density at radius 3 is 2.59 bits per heavy atom. The normalized spacial score (nSPS) is 9.77. The first-order chi connectivity index (χ1) is 10.6. The number of carbonyl (C=O) groups is 2. The van der Waals surface area contributed by atoms with Gasteiger partial charge in [0.1, 0.15) is 11.5 Å². The third kappa shape index (κ3) is 5.90. The second-order valence-electron chi connectivity index (χ2n) is 4.36. The number of carbonyl (C=O) groups excluding carboxylic acids is 2. The molecule has 1 aromatic rings. The average Bonchev–Trinajstić information content (AvgIpc) is 2.52. The molecule has 2 amide bonds. The second kappa shape index (κ2) is 9.49. The maximum atomic E-state index is 11.8. The highest BCUT2D eigenvalue weighted by molar-refractivity contribution is 5.91. The van der Waals surface area contributed by atoms with Gasteiger partial charge in [0.15, 0.2) is 0 Å². The van der Waals surface area contributed by atoms with Gasteiger partial charge < -0.3 is 24.8 Å². The van der Waals surface area contributed by atoms with E-state index in [1.54, 1.807) is 32.2 Å². The van der Waals surface area contributed by atoms with E-state index in [2.05, 4.69) is 10.6 Å². The number of rotatable bonds is 8. The lowest BCUT2D eigenvalue weighted by Crippen LogP contribution is -2.30. The molecule has 2 N–H and O–H groups in total. The van der Waals surface area contributed by atoms with Crippen LogP contribution in [0.2, 0.25) is 0 Å². The van der Waals surface area contributed by atoms with Crippen molar-refractivity contribution in [2.75, 3.05) is 32.7 Å². The first kappa shape index (κ1) is 17.6. The first-order valence-electron chi connectivity index (χ1n) is 7.03. The molecular formula is C15H22N2O5. The van der Waals surface area contributed by atoms with E-state index in [9.17, 15) is 9.59 Å². The number of methoxy groups -OCH3 is 2. The van der Waals surface area contributed by atoms with Crippen molar-refractivity contribution >= 4 is 17.7 Å². The van der Waals surface area contributed by atoms with Gasteiger partial charge in [-0.2, -0.15) is 0 Å². The molecule has 0 atom stereocenters. The van der Waals surface area contributed by atoms with Crippen LogP contribution < -0.4 is 20.1 Å². The van der Waals surface area contributed by atoms with Crippen LogP contribution in [0, 0.1) is 0 Å². The first-order valence-corrected chi connectivity index (χ1v) is 7.03. The van der Waals surface area contributed by atoms with Gasteiger partial charge in [-0.05, 0) is 25.5 Å². The Hall–Kier alpha value is -2.44. The van der Waals surface area contributed by atoms with Gasteiger partial charge in [0.2, 0.25) is 0 Å². The molecule has 0 radical (unpaired) electrons. The molecule has 0 saturated heterocycles. The summed E-state index contributed by atoms with van der Waals surface area (Å²) in [4.78, 5) is 22.9. The lowest BCUT2D eigenvalue weighted by molar-refractivity contribution is -0.143. The van der Waals surface area contributed by atoms with E-state index in [-0.39, 0.29) is 18.4 Å². The van der Waals surface area contributed by atoms with Gasteiger partial charge in [-0.1, -0.05) is 0 Å². The fourth-order valence-corrected chi connectivity index (χ4v) is 1.74. The summed E-state index contributed by atoms with van der Waals surface area (Å²) in [6, 6.07) is 4.72. The summed E-state index contributed by atoms with van der Waals surface area (Å²) in [6.45, 7) is 2.50. The van der Waals surface area contributed by atoms with Crippen molar-refractivity contribution in [1.82, 2.24) is 5.32 Å². The van der Waals surface area contributed by atoms with E-state index < -0.39 is 0 Å². The molecule has 22 heavy (non-hydrogen) atoms. The molecule has 0 aromatic heterocycles. The lowest BCUT2D eigenvalue weighted by atomic mass is 10.2. The van der Waals surface area contributed by atoms with Gasteiger partial charge in [0.05, 0.1) is 26.5 Å². The zero-order chi connectivity index (χ0) is 16.4. The summed E-state index contributed by atoms with van der Waals surface area (Å²) in [5.41, 5.74) is 0.534. The largest absolute Gasteiger partial charge is 0.497 e. The Balaban J connectivity index is 2.40. The molecule has 0 unspecified atom stereocenters. The zero-order valence-corrected chi connectivity index (χ0v) is 13.1. The van der Waals surface area contributed by atoms with E-state index in [1.165, 1.54) is 7.11 Å².